The van der Waals surface area contributed by atoms with Crippen molar-refractivity contribution in [1.29, 1.82) is 0 Å². The quantitative estimate of drug-likeness (QED) is 0.781. The van der Waals surface area contributed by atoms with Crippen molar-refractivity contribution < 1.29 is 9.90 Å². The molecule has 1 heterocycles. The molecule has 0 saturated carbocycles. The number of benzene rings is 1. The van der Waals surface area contributed by atoms with Gasteiger partial charge in [0.1, 0.15) is 0 Å². The molecule has 1 unspecified atom stereocenters. The second kappa shape index (κ2) is 8.82. The van der Waals surface area contributed by atoms with E-state index in [1.165, 1.54) is 5.56 Å². The molecule has 23 heavy (non-hydrogen) atoms. The van der Waals surface area contributed by atoms with Crippen molar-refractivity contribution in [3.63, 3.8) is 0 Å². The van der Waals surface area contributed by atoms with Crippen LogP contribution in [0.15, 0.2) is 41.8 Å². The number of rotatable bonds is 8. The Kier molecular flexibility index (Phi) is 6.77. The summed E-state index contributed by atoms with van der Waals surface area (Å²) in [5.41, 5.74) is 2.28. The van der Waals surface area contributed by atoms with E-state index >= 15 is 0 Å². The van der Waals surface area contributed by atoms with E-state index in [9.17, 15) is 4.79 Å². The van der Waals surface area contributed by atoms with E-state index in [2.05, 4.69) is 36.5 Å². The molecule has 1 amide bonds. The SMILES string of the molecule is CCN(CCO)CC(=O)NC(c1ccc(C)cc1)c1cccs1. The number of aliphatic hydroxyl groups is 1. The average Bonchev–Trinajstić information content (AvgIpc) is 3.07. The first-order chi connectivity index (χ1) is 11.1. The van der Waals surface area contributed by atoms with Crippen LogP contribution in [0, 0.1) is 6.92 Å². The molecule has 124 valence electrons. The minimum atomic E-state index is -0.129. The van der Waals surface area contributed by atoms with Crippen LogP contribution >= 0.6 is 11.3 Å². The van der Waals surface area contributed by atoms with Crippen LogP contribution in [0.2, 0.25) is 0 Å². The van der Waals surface area contributed by atoms with Gasteiger partial charge in [-0.25, -0.2) is 0 Å². The Bertz CT molecular complexity index is 596. The van der Waals surface area contributed by atoms with Gasteiger partial charge in [-0.05, 0) is 30.5 Å². The van der Waals surface area contributed by atoms with Crippen molar-refractivity contribution in [1.82, 2.24) is 10.2 Å². The molecule has 4 nitrogen and oxygen atoms in total. The Labute approximate surface area is 141 Å². The maximum absolute atomic E-state index is 12.4. The molecular weight excluding hydrogens is 308 g/mol. The molecule has 2 N–H and O–H groups in total. The minimum absolute atomic E-state index is 0.0284. The molecule has 0 radical (unpaired) electrons. The molecule has 2 aromatic rings. The molecular formula is C18H24N2O2S. The van der Waals surface area contributed by atoms with Crippen LogP contribution in [-0.2, 0) is 4.79 Å². The van der Waals surface area contributed by atoms with Crippen LogP contribution in [0.4, 0.5) is 0 Å². The zero-order chi connectivity index (χ0) is 16.7. The normalized spacial score (nSPS) is 12.3. The monoisotopic (exact) mass is 332 g/mol. The second-order valence-corrected chi connectivity index (χ2v) is 6.50. The number of hydrogen-bond donors (Lipinski definition) is 2. The number of nitrogens with zero attached hydrogens (tertiary/aromatic N) is 1. The third-order valence-corrected chi connectivity index (χ3v) is 4.71. The Hall–Kier alpha value is -1.69. The van der Waals surface area contributed by atoms with E-state index < -0.39 is 0 Å². The molecule has 5 heteroatoms. The molecule has 0 saturated heterocycles. The molecule has 1 atom stereocenters. The minimum Gasteiger partial charge on any atom is -0.395 e. The van der Waals surface area contributed by atoms with Crippen LogP contribution in [0.1, 0.15) is 29.0 Å². The van der Waals surface area contributed by atoms with Crippen molar-refractivity contribution in [3.8, 4) is 0 Å². The molecule has 0 aliphatic heterocycles. The summed E-state index contributed by atoms with van der Waals surface area (Å²) in [4.78, 5) is 15.4. The van der Waals surface area contributed by atoms with Crippen molar-refractivity contribution in [2.24, 2.45) is 0 Å². The molecule has 2 rings (SSSR count). The molecule has 1 aromatic heterocycles. The number of carbonyl (C=O) groups is 1. The number of thiophene rings is 1. The second-order valence-electron chi connectivity index (χ2n) is 5.52. The number of aryl methyl sites for hydroxylation is 1. The summed E-state index contributed by atoms with van der Waals surface area (Å²) in [6.45, 7) is 5.65. The van der Waals surface area contributed by atoms with Gasteiger partial charge >= 0.3 is 0 Å². The van der Waals surface area contributed by atoms with Gasteiger partial charge in [-0.3, -0.25) is 9.69 Å². The highest BCUT2D eigenvalue weighted by Crippen LogP contribution is 2.26. The van der Waals surface area contributed by atoms with Crippen molar-refractivity contribution >= 4 is 17.2 Å². The topological polar surface area (TPSA) is 52.6 Å². The van der Waals surface area contributed by atoms with Gasteiger partial charge in [0.15, 0.2) is 0 Å². The molecule has 1 aromatic carbocycles. The Morgan fingerprint density at radius 2 is 2.04 bits per heavy atom. The fourth-order valence-corrected chi connectivity index (χ4v) is 3.24. The Balaban J connectivity index is 2.12. The maximum Gasteiger partial charge on any atom is 0.234 e. The predicted molar refractivity (Wildman–Crippen MR) is 94.7 cm³/mol. The fourth-order valence-electron chi connectivity index (χ4n) is 2.43. The lowest BCUT2D eigenvalue weighted by molar-refractivity contribution is -0.122. The fraction of sp³-hybridized carbons (Fsp3) is 0.389. The zero-order valence-corrected chi connectivity index (χ0v) is 14.5. The highest BCUT2D eigenvalue weighted by molar-refractivity contribution is 7.10. The van der Waals surface area contributed by atoms with Crippen LogP contribution in [-0.4, -0.2) is 42.2 Å². The number of likely N-dealkylation sites (N-methyl/N-ethyl adjacent to an activating group) is 1. The van der Waals surface area contributed by atoms with Crippen LogP contribution < -0.4 is 5.32 Å². The summed E-state index contributed by atoms with van der Waals surface area (Å²) in [6.07, 6.45) is 0. The highest BCUT2D eigenvalue weighted by atomic mass is 32.1. The Morgan fingerprint density at radius 3 is 2.61 bits per heavy atom. The zero-order valence-electron chi connectivity index (χ0n) is 13.7. The van der Waals surface area contributed by atoms with E-state index in [1.54, 1.807) is 11.3 Å². The average molecular weight is 332 g/mol. The first kappa shape index (κ1) is 17.7. The summed E-state index contributed by atoms with van der Waals surface area (Å²) in [7, 11) is 0. The van der Waals surface area contributed by atoms with Gasteiger partial charge in [0.25, 0.3) is 0 Å². The van der Waals surface area contributed by atoms with Crippen LogP contribution in [0.5, 0.6) is 0 Å². The first-order valence-electron chi connectivity index (χ1n) is 7.86. The highest BCUT2D eigenvalue weighted by Gasteiger charge is 2.19. The molecule has 0 aliphatic carbocycles. The first-order valence-corrected chi connectivity index (χ1v) is 8.74. The lowest BCUT2D eigenvalue weighted by Gasteiger charge is -2.22. The standard InChI is InChI=1S/C18H24N2O2S/c1-3-20(10-11-21)13-17(22)19-18(16-5-4-12-23-16)15-8-6-14(2)7-9-15/h4-9,12,18,21H,3,10-11,13H2,1-2H3,(H,19,22). The van der Waals surface area contributed by atoms with Crippen molar-refractivity contribution in [3.05, 3.63) is 57.8 Å². The number of hydrogen-bond acceptors (Lipinski definition) is 4. The molecule has 0 spiro atoms. The van der Waals surface area contributed by atoms with E-state index in [0.717, 1.165) is 17.0 Å². The van der Waals surface area contributed by atoms with Gasteiger partial charge in [0.2, 0.25) is 5.91 Å². The van der Waals surface area contributed by atoms with Gasteiger partial charge in [0.05, 0.1) is 19.2 Å². The lowest BCUT2D eigenvalue weighted by atomic mass is 10.0. The summed E-state index contributed by atoms with van der Waals surface area (Å²) in [5.74, 6) is -0.0284. The van der Waals surface area contributed by atoms with E-state index in [0.29, 0.717) is 13.1 Å². The smallest absolute Gasteiger partial charge is 0.234 e. The lowest BCUT2D eigenvalue weighted by Crippen LogP contribution is -2.40. The summed E-state index contributed by atoms with van der Waals surface area (Å²) < 4.78 is 0. The van der Waals surface area contributed by atoms with Crippen molar-refractivity contribution in [2.45, 2.75) is 19.9 Å². The van der Waals surface area contributed by atoms with E-state index in [4.69, 9.17) is 5.11 Å². The number of amides is 1. The van der Waals surface area contributed by atoms with Crippen LogP contribution in [0.25, 0.3) is 0 Å². The van der Waals surface area contributed by atoms with Gasteiger partial charge in [0, 0.05) is 11.4 Å². The van der Waals surface area contributed by atoms with Gasteiger partial charge in [-0.15, -0.1) is 11.3 Å². The van der Waals surface area contributed by atoms with Gasteiger partial charge in [-0.2, -0.15) is 0 Å². The van der Waals surface area contributed by atoms with Gasteiger partial charge < -0.3 is 10.4 Å². The van der Waals surface area contributed by atoms with Crippen LogP contribution in [0.3, 0.4) is 0 Å². The number of nitrogens with one attached hydrogen (secondary N) is 1. The summed E-state index contributed by atoms with van der Waals surface area (Å²) in [6, 6.07) is 12.2. The number of aliphatic hydroxyl groups excluding tert-OH is 1. The summed E-state index contributed by atoms with van der Waals surface area (Å²) in [5, 5.41) is 14.2. The van der Waals surface area contributed by atoms with Crippen molar-refractivity contribution in [2.75, 3.05) is 26.2 Å². The van der Waals surface area contributed by atoms with E-state index in [1.807, 2.05) is 29.3 Å². The molecule has 0 aliphatic rings. The molecule has 0 bridgehead atoms. The third-order valence-electron chi connectivity index (χ3n) is 3.77. The maximum atomic E-state index is 12.4. The van der Waals surface area contributed by atoms with Gasteiger partial charge in [-0.1, -0.05) is 42.8 Å². The largest absolute Gasteiger partial charge is 0.395 e. The Morgan fingerprint density at radius 1 is 1.30 bits per heavy atom. The third kappa shape index (κ3) is 5.16. The predicted octanol–water partition coefficient (Wildman–Crippen LogP) is 2.58. The molecule has 0 fully saturated rings. The summed E-state index contributed by atoms with van der Waals surface area (Å²) >= 11 is 1.64. The van der Waals surface area contributed by atoms with E-state index in [-0.39, 0.29) is 18.6 Å². The number of carbonyl (C=O) groups excluding carboxylic acids is 1.